The van der Waals surface area contributed by atoms with Crippen LogP contribution in [0.2, 0.25) is 0 Å². The summed E-state index contributed by atoms with van der Waals surface area (Å²) >= 11 is 0. The summed E-state index contributed by atoms with van der Waals surface area (Å²) in [5, 5.41) is 9.18. The Labute approximate surface area is 177 Å². The van der Waals surface area contributed by atoms with Crippen molar-refractivity contribution < 1.29 is 0 Å². The summed E-state index contributed by atoms with van der Waals surface area (Å²) in [5.41, 5.74) is 9.03. The molecule has 0 bridgehead atoms. The van der Waals surface area contributed by atoms with Gasteiger partial charge in [-0.1, -0.05) is 54.6 Å². The Balaban J connectivity index is 1.76. The van der Waals surface area contributed by atoms with Crippen LogP contribution in [0.25, 0.3) is 32.3 Å². The van der Waals surface area contributed by atoms with Crippen LogP contribution in [-0.4, -0.2) is 0 Å². The van der Waals surface area contributed by atoms with Crippen molar-refractivity contribution in [3.63, 3.8) is 0 Å². The van der Waals surface area contributed by atoms with Gasteiger partial charge in [0.05, 0.1) is 0 Å². The normalized spacial score (nSPS) is 21.8. The summed E-state index contributed by atoms with van der Waals surface area (Å²) in [6, 6.07) is 14.5. The van der Waals surface area contributed by atoms with Crippen molar-refractivity contribution in [3.05, 3.63) is 108 Å². The zero-order valence-corrected chi connectivity index (χ0v) is 17.2. The predicted molar refractivity (Wildman–Crippen MR) is 129 cm³/mol. The van der Waals surface area contributed by atoms with Crippen molar-refractivity contribution in [1.82, 2.24) is 0 Å². The predicted octanol–water partition coefficient (Wildman–Crippen LogP) is 8.21. The summed E-state index contributed by atoms with van der Waals surface area (Å²) in [7, 11) is 0. The van der Waals surface area contributed by atoms with Gasteiger partial charge in [-0.25, -0.2) is 0 Å². The molecule has 3 aliphatic carbocycles. The molecule has 0 heterocycles. The third kappa shape index (κ3) is 1.64. The maximum absolute atomic E-state index is 4.08. The monoisotopic (exact) mass is 384 g/mol. The molecule has 0 heteroatoms. The lowest BCUT2D eigenvalue weighted by Gasteiger charge is -2.14. The van der Waals surface area contributed by atoms with Crippen LogP contribution < -0.4 is 0 Å². The third-order valence-corrected chi connectivity index (χ3v) is 8.02. The molecule has 0 N–H and O–H groups in total. The molecule has 4 aromatic rings. The molecule has 0 fully saturated rings. The molecule has 3 aliphatic rings. The number of rotatable bonds is 6. The van der Waals surface area contributed by atoms with Crippen molar-refractivity contribution in [1.29, 1.82) is 0 Å². The van der Waals surface area contributed by atoms with E-state index in [1.54, 1.807) is 0 Å². The van der Waals surface area contributed by atoms with E-state index in [1.165, 1.54) is 65.7 Å². The first-order chi connectivity index (χ1) is 14.8. The standard InChI is InChI=1S/C30H24/c1-4-7-16-19-10-12-21-17(8-5-2)23-14-15-24-18(9-6-3)22-13-11-20(16)26-25(19)27(21)29(23)30(24)28(22)26/h4-6,10-18H,1-3,7-9H2. The first-order valence-electron chi connectivity index (χ1n) is 11.1. The molecule has 0 nitrogen and oxygen atoms in total. The van der Waals surface area contributed by atoms with Gasteiger partial charge in [0.2, 0.25) is 0 Å². The van der Waals surface area contributed by atoms with Crippen LogP contribution in [0.4, 0.5) is 0 Å². The number of allylic oxidation sites excluding steroid dienone is 3. The molecule has 0 saturated heterocycles. The highest BCUT2D eigenvalue weighted by Crippen LogP contribution is 2.60. The van der Waals surface area contributed by atoms with Crippen LogP contribution in [0.15, 0.2) is 74.4 Å². The van der Waals surface area contributed by atoms with Crippen LogP contribution in [0.5, 0.6) is 0 Å². The highest BCUT2D eigenvalue weighted by molar-refractivity contribution is 6.34. The minimum Gasteiger partial charge on any atom is -0.103 e. The maximum Gasteiger partial charge on any atom is 0.0136 e. The Morgan fingerprint density at radius 1 is 0.433 bits per heavy atom. The van der Waals surface area contributed by atoms with E-state index >= 15 is 0 Å². The van der Waals surface area contributed by atoms with Crippen LogP contribution in [0, 0.1) is 0 Å². The van der Waals surface area contributed by atoms with E-state index in [0.717, 1.165) is 19.3 Å². The highest BCUT2D eigenvalue weighted by Gasteiger charge is 2.39. The van der Waals surface area contributed by atoms with Gasteiger partial charge in [0.15, 0.2) is 0 Å². The molecule has 0 aromatic heterocycles. The fourth-order valence-corrected chi connectivity index (χ4v) is 7.03. The van der Waals surface area contributed by atoms with Crippen LogP contribution in [0.3, 0.4) is 0 Å². The van der Waals surface area contributed by atoms with Crippen molar-refractivity contribution in [2.45, 2.75) is 37.0 Å². The topological polar surface area (TPSA) is 0 Å². The second-order valence-electron chi connectivity index (χ2n) is 9.21. The quantitative estimate of drug-likeness (QED) is 0.232. The Morgan fingerprint density at radius 3 is 0.800 bits per heavy atom. The molecule has 0 amide bonds. The van der Waals surface area contributed by atoms with Gasteiger partial charge in [-0.2, -0.15) is 0 Å². The van der Waals surface area contributed by atoms with Crippen LogP contribution in [-0.2, 0) is 0 Å². The number of hydrogen-bond donors (Lipinski definition) is 0. The summed E-state index contributed by atoms with van der Waals surface area (Å²) in [6.07, 6.45) is 9.27. The van der Waals surface area contributed by atoms with Crippen molar-refractivity contribution in [3.8, 4) is 0 Å². The average molecular weight is 385 g/mol. The van der Waals surface area contributed by atoms with Gasteiger partial charge >= 0.3 is 0 Å². The first kappa shape index (κ1) is 16.7. The largest absolute Gasteiger partial charge is 0.103 e. The first-order valence-corrected chi connectivity index (χ1v) is 11.1. The fourth-order valence-electron chi connectivity index (χ4n) is 7.03. The maximum atomic E-state index is 4.08. The molecule has 0 spiro atoms. The summed E-state index contributed by atoms with van der Waals surface area (Å²) < 4.78 is 0. The minimum absolute atomic E-state index is 0.432. The molecule has 0 radical (unpaired) electrons. The molecule has 144 valence electrons. The Morgan fingerprint density at radius 2 is 0.633 bits per heavy atom. The van der Waals surface area contributed by atoms with E-state index < -0.39 is 0 Å². The van der Waals surface area contributed by atoms with Gasteiger partial charge in [0.1, 0.15) is 0 Å². The SMILES string of the molecule is C=CCC1c2ccc3c4c2c2c1ccc1c2c2c(ccc(c42)C3CC=C)C1CC=C. The van der Waals surface area contributed by atoms with Crippen LogP contribution in [0.1, 0.15) is 70.4 Å². The Bertz CT molecular complexity index is 1170. The minimum atomic E-state index is 0.432. The lowest BCUT2D eigenvalue weighted by Crippen LogP contribution is -1.97. The van der Waals surface area contributed by atoms with Gasteiger partial charge in [-0.05, 0) is 85.0 Å². The van der Waals surface area contributed by atoms with Crippen LogP contribution >= 0.6 is 0 Å². The smallest absolute Gasteiger partial charge is 0.0136 e. The molecule has 30 heavy (non-hydrogen) atoms. The average Bonchev–Trinajstić information content (AvgIpc) is 3.36. The van der Waals surface area contributed by atoms with Gasteiger partial charge in [-0.3, -0.25) is 0 Å². The lowest BCUT2D eigenvalue weighted by molar-refractivity contribution is 0.847. The molecule has 0 aliphatic heterocycles. The van der Waals surface area contributed by atoms with E-state index in [1.807, 2.05) is 0 Å². The second-order valence-corrected chi connectivity index (χ2v) is 9.21. The van der Waals surface area contributed by atoms with E-state index in [2.05, 4.69) is 74.4 Å². The van der Waals surface area contributed by atoms with Crippen molar-refractivity contribution in [2.24, 2.45) is 0 Å². The summed E-state index contributed by atoms with van der Waals surface area (Å²) in [4.78, 5) is 0. The molecule has 7 rings (SSSR count). The number of benzene rings is 4. The zero-order valence-electron chi connectivity index (χ0n) is 17.2. The Hall–Kier alpha value is -3.12. The van der Waals surface area contributed by atoms with Gasteiger partial charge in [-0.15, -0.1) is 19.7 Å². The van der Waals surface area contributed by atoms with E-state index in [-0.39, 0.29) is 0 Å². The molecular weight excluding hydrogens is 360 g/mol. The lowest BCUT2D eigenvalue weighted by atomic mass is 9.89. The fraction of sp³-hybridized carbons (Fsp3) is 0.200. The van der Waals surface area contributed by atoms with E-state index in [9.17, 15) is 0 Å². The van der Waals surface area contributed by atoms with Crippen molar-refractivity contribution >= 4 is 32.3 Å². The molecule has 0 saturated carbocycles. The highest BCUT2D eigenvalue weighted by atomic mass is 14.4. The van der Waals surface area contributed by atoms with Gasteiger partial charge < -0.3 is 0 Å². The molecule has 4 aromatic carbocycles. The van der Waals surface area contributed by atoms with E-state index in [0.29, 0.717) is 17.8 Å². The number of hydrogen-bond acceptors (Lipinski definition) is 0. The Kier molecular flexibility index (Phi) is 3.06. The summed E-state index contributed by atoms with van der Waals surface area (Å²) in [5.74, 6) is 1.30. The molecular formula is C30H24. The second kappa shape index (κ2) is 5.52. The molecule has 0 unspecified atom stereocenters. The summed E-state index contributed by atoms with van der Waals surface area (Å²) in [6.45, 7) is 12.2. The van der Waals surface area contributed by atoms with Crippen molar-refractivity contribution in [2.75, 3.05) is 0 Å². The van der Waals surface area contributed by atoms with E-state index in [4.69, 9.17) is 0 Å². The van der Waals surface area contributed by atoms with Gasteiger partial charge in [0, 0.05) is 17.8 Å². The molecule has 0 atom stereocenters. The zero-order chi connectivity index (χ0) is 20.1. The van der Waals surface area contributed by atoms with Gasteiger partial charge in [0.25, 0.3) is 0 Å². The third-order valence-electron chi connectivity index (χ3n) is 8.02.